The maximum atomic E-state index is 12.0. The van der Waals surface area contributed by atoms with E-state index in [0.717, 1.165) is 10.6 Å². The van der Waals surface area contributed by atoms with Gasteiger partial charge in [-0.15, -0.1) is 11.8 Å². The zero-order valence-corrected chi connectivity index (χ0v) is 12.9. The minimum Gasteiger partial charge on any atom is -0.383 e. The number of thioether (sulfide) groups is 1. The Kier molecular flexibility index (Phi) is 6.31. The molecule has 0 fully saturated rings. The first-order valence-corrected chi connectivity index (χ1v) is 7.82. The van der Waals surface area contributed by atoms with E-state index in [1.54, 1.807) is 18.9 Å². The minimum atomic E-state index is -0.0609. The fourth-order valence-electron chi connectivity index (χ4n) is 1.84. The monoisotopic (exact) mass is 301 g/mol. The summed E-state index contributed by atoms with van der Waals surface area (Å²) in [6, 6.07) is 18.0. The Balaban J connectivity index is 1.92. The summed E-state index contributed by atoms with van der Waals surface area (Å²) in [6.45, 7) is 1.05. The van der Waals surface area contributed by atoms with Crippen LogP contribution < -0.4 is 5.32 Å². The maximum Gasteiger partial charge on any atom is 0.251 e. The number of rotatable bonds is 7. The molecule has 0 spiro atoms. The number of hydrogen-bond donors (Lipinski definition) is 1. The van der Waals surface area contributed by atoms with Gasteiger partial charge in [0, 0.05) is 29.9 Å². The molecule has 2 aromatic carbocycles. The molecule has 0 aliphatic carbocycles. The highest BCUT2D eigenvalue weighted by molar-refractivity contribution is 7.98. The summed E-state index contributed by atoms with van der Waals surface area (Å²) in [5, 5.41) is 2.83. The van der Waals surface area contributed by atoms with E-state index in [1.807, 2.05) is 42.5 Å². The SMILES string of the molecule is COCCNC(=O)c1cccc(SCc2ccccc2)c1. The summed E-state index contributed by atoms with van der Waals surface area (Å²) in [7, 11) is 1.62. The van der Waals surface area contributed by atoms with Crippen LogP contribution in [0.2, 0.25) is 0 Å². The fourth-order valence-corrected chi connectivity index (χ4v) is 2.75. The van der Waals surface area contributed by atoms with Crippen molar-refractivity contribution in [3.63, 3.8) is 0 Å². The topological polar surface area (TPSA) is 38.3 Å². The summed E-state index contributed by atoms with van der Waals surface area (Å²) in [5.74, 6) is 0.837. The van der Waals surface area contributed by atoms with Gasteiger partial charge in [0.1, 0.15) is 0 Å². The van der Waals surface area contributed by atoms with Gasteiger partial charge in [-0.1, -0.05) is 36.4 Å². The van der Waals surface area contributed by atoms with E-state index in [0.29, 0.717) is 18.7 Å². The molecular weight excluding hydrogens is 282 g/mol. The Labute approximate surface area is 129 Å². The zero-order chi connectivity index (χ0) is 14.9. The quantitative estimate of drug-likeness (QED) is 0.629. The molecule has 0 bridgehead atoms. The summed E-state index contributed by atoms with van der Waals surface area (Å²) >= 11 is 1.73. The Hall–Kier alpha value is -1.78. The lowest BCUT2D eigenvalue weighted by Gasteiger charge is -2.07. The first-order chi connectivity index (χ1) is 10.3. The molecule has 0 aromatic heterocycles. The van der Waals surface area contributed by atoms with Crippen molar-refractivity contribution in [2.45, 2.75) is 10.6 Å². The molecule has 0 aliphatic heterocycles. The normalized spacial score (nSPS) is 10.3. The predicted molar refractivity (Wildman–Crippen MR) is 86.7 cm³/mol. The van der Waals surface area contributed by atoms with Crippen molar-refractivity contribution in [2.75, 3.05) is 20.3 Å². The summed E-state index contributed by atoms with van der Waals surface area (Å²) in [6.07, 6.45) is 0. The van der Waals surface area contributed by atoms with E-state index in [1.165, 1.54) is 5.56 Å². The third kappa shape index (κ3) is 5.25. The number of methoxy groups -OCH3 is 1. The van der Waals surface area contributed by atoms with Crippen LogP contribution >= 0.6 is 11.8 Å². The Morgan fingerprint density at radius 2 is 1.95 bits per heavy atom. The fraction of sp³-hybridized carbons (Fsp3) is 0.235. The molecule has 4 heteroatoms. The second-order valence-corrected chi connectivity index (χ2v) is 5.60. The zero-order valence-electron chi connectivity index (χ0n) is 12.0. The molecule has 0 radical (unpaired) electrons. The van der Waals surface area contributed by atoms with Crippen LogP contribution in [0.5, 0.6) is 0 Å². The van der Waals surface area contributed by atoms with Crippen molar-refractivity contribution in [1.82, 2.24) is 5.32 Å². The molecule has 0 atom stereocenters. The smallest absolute Gasteiger partial charge is 0.251 e. The highest BCUT2D eigenvalue weighted by Gasteiger charge is 2.05. The van der Waals surface area contributed by atoms with Gasteiger partial charge >= 0.3 is 0 Å². The van der Waals surface area contributed by atoms with E-state index >= 15 is 0 Å². The van der Waals surface area contributed by atoms with Crippen LogP contribution in [0.4, 0.5) is 0 Å². The van der Waals surface area contributed by atoms with Gasteiger partial charge in [-0.3, -0.25) is 4.79 Å². The molecule has 0 saturated carbocycles. The highest BCUT2D eigenvalue weighted by atomic mass is 32.2. The van der Waals surface area contributed by atoms with Crippen LogP contribution in [-0.2, 0) is 10.5 Å². The average Bonchev–Trinajstić information content (AvgIpc) is 2.54. The first-order valence-electron chi connectivity index (χ1n) is 6.83. The van der Waals surface area contributed by atoms with Gasteiger partial charge in [-0.2, -0.15) is 0 Å². The van der Waals surface area contributed by atoms with E-state index in [4.69, 9.17) is 4.74 Å². The number of benzene rings is 2. The molecule has 0 aliphatic rings. The van der Waals surface area contributed by atoms with E-state index < -0.39 is 0 Å². The van der Waals surface area contributed by atoms with Crippen molar-refractivity contribution in [2.24, 2.45) is 0 Å². The van der Waals surface area contributed by atoms with Gasteiger partial charge in [0.15, 0.2) is 0 Å². The molecule has 1 amide bonds. The van der Waals surface area contributed by atoms with Gasteiger partial charge < -0.3 is 10.1 Å². The van der Waals surface area contributed by atoms with Crippen molar-refractivity contribution < 1.29 is 9.53 Å². The Morgan fingerprint density at radius 3 is 2.71 bits per heavy atom. The molecule has 2 rings (SSSR count). The first kappa shape index (κ1) is 15.6. The van der Waals surface area contributed by atoms with Crippen LogP contribution in [0.15, 0.2) is 59.5 Å². The maximum absolute atomic E-state index is 12.0. The predicted octanol–water partition coefficient (Wildman–Crippen LogP) is 3.36. The third-order valence-corrected chi connectivity index (χ3v) is 4.00. The second kappa shape index (κ2) is 8.49. The van der Waals surface area contributed by atoms with Crippen molar-refractivity contribution in [1.29, 1.82) is 0 Å². The van der Waals surface area contributed by atoms with Crippen LogP contribution in [-0.4, -0.2) is 26.2 Å². The Bertz CT molecular complexity index is 572. The van der Waals surface area contributed by atoms with Gasteiger partial charge in [-0.05, 0) is 23.8 Å². The highest BCUT2D eigenvalue weighted by Crippen LogP contribution is 2.23. The molecule has 3 nitrogen and oxygen atoms in total. The lowest BCUT2D eigenvalue weighted by Crippen LogP contribution is -2.26. The van der Waals surface area contributed by atoms with Crippen molar-refractivity contribution in [3.8, 4) is 0 Å². The molecule has 0 unspecified atom stereocenters. The molecule has 0 heterocycles. The second-order valence-electron chi connectivity index (χ2n) is 4.55. The summed E-state index contributed by atoms with van der Waals surface area (Å²) < 4.78 is 4.92. The molecule has 1 N–H and O–H groups in total. The number of carbonyl (C=O) groups is 1. The van der Waals surface area contributed by atoms with Gasteiger partial charge in [0.05, 0.1) is 6.61 Å². The molecule has 110 valence electrons. The van der Waals surface area contributed by atoms with Crippen molar-refractivity contribution >= 4 is 17.7 Å². The van der Waals surface area contributed by atoms with E-state index in [-0.39, 0.29) is 5.91 Å². The number of ether oxygens (including phenoxy) is 1. The van der Waals surface area contributed by atoms with Crippen LogP contribution in [0.25, 0.3) is 0 Å². The standard InChI is InChI=1S/C17H19NO2S/c1-20-11-10-18-17(19)15-8-5-9-16(12-15)21-13-14-6-3-2-4-7-14/h2-9,12H,10-11,13H2,1H3,(H,18,19). The van der Waals surface area contributed by atoms with Gasteiger partial charge in [-0.25, -0.2) is 0 Å². The molecule has 21 heavy (non-hydrogen) atoms. The summed E-state index contributed by atoms with van der Waals surface area (Å²) in [5.41, 5.74) is 1.96. The van der Waals surface area contributed by atoms with Gasteiger partial charge in [0.2, 0.25) is 0 Å². The van der Waals surface area contributed by atoms with E-state index in [9.17, 15) is 4.79 Å². The van der Waals surface area contributed by atoms with Crippen molar-refractivity contribution in [3.05, 3.63) is 65.7 Å². The van der Waals surface area contributed by atoms with Gasteiger partial charge in [0.25, 0.3) is 5.91 Å². The van der Waals surface area contributed by atoms with E-state index in [2.05, 4.69) is 17.4 Å². The largest absolute Gasteiger partial charge is 0.383 e. The lowest BCUT2D eigenvalue weighted by atomic mass is 10.2. The number of amides is 1. The molecule has 0 saturated heterocycles. The lowest BCUT2D eigenvalue weighted by molar-refractivity contribution is 0.0937. The number of carbonyl (C=O) groups excluding carboxylic acids is 1. The summed E-state index contributed by atoms with van der Waals surface area (Å²) in [4.78, 5) is 13.1. The number of hydrogen-bond acceptors (Lipinski definition) is 3. The molecular formula is C17H19NO2S. The molecule has 2 aromatic rings. The van der Waals surface area contributed by atoms with Crippen LogP contribution in [0.1, 0.15) is 15.9 Å². The Morgan fingerprint density at radius 1 is 1.14 bits per heavy atom. The third-order valence-electron chi connectivity index (χ3n) is 2.94. The average molecular weight is 301 g/mol. The van der Waals surface area contributed by atoms with Crippen LogP contribution in [0, 0.1) is 0 Å². The number of nitrogens with one attached hydrogen (secondary N) is 1. The minimum absolute atomic E-state index is 0.0609. The van der Waals surface area contributed by atoms with Crippen LogP contribution in [0.3, 0.4) is 0 Å².